The highest BCUT2D eigenvalue weighted by molar-refractivity contribution is 5.30. The van der Waals surface area contributed by atoms with Crippen LogP contribution in [-0.2, 0) is 0 Å². The molecule has 1 atom stereocenters. The standard InChI is InChI=1S/C11H20N4/c1-7(2)9-10(14-11(12)13-9)8-5-4-6-15(8)3/h7-8H,4-6H2,1-3H3,(H3,12,13,14). The normalized spacial score (nSPS) is 22.8. The highest BCUT2D eigenvalue weighted by atomic mass is 15.2. The van der Waals surface area contributed by atoms with Crippen molar-refractivity contribution in [2.24, 2.45) is 0 Å². The van der Waals surface area contributed by atoms with Crippen molar-refractivity contribution in [3.63, 3.8) is 0 Å². The van der Waals surface area contributed by atoms with Crippen LogP contribution in [0.4, 0.5) is 5.95 Å². The van der Waals surface area contributed by atoms with Gasteiger partial charge in [-0.05, 0) is 32.4 Å². The van der Waals surface area contributed by atoms with E-state index in [9.17, 15) is 0 Å². The first-order chi connectivity index (χ1) is 7.09. The molecule has 4 heteroatoms. The van der Waals surface area contributed by atoms with Crippen molar-refractivity contribution in [1.82, 2.24) is 14.9 Å². The molecule has 1 aliphatic rings. The van der Waals surface area contributed by atoms with Crippen LogP contribution in [0.3, 0.4) is 0 Å². The van der Waals surface area contributed by atoms with Crippen LogP contribution in [0.1, 0.15) is 50.0 Å². The Morgan fingerprint density at radius 2 is 2.27 bits per heavy atom. The largest absolute Gasteiger partial charge is 0.369 e. The maximum Gasteiger partial charge on any atom is 0.197 e. The molecule has 1 aliphatic heterocycles. The highest BCUT2D eigenvalue weighted by Crippen LogP contribution is 2.33. The van der Waals surface area contributed by atoms with Crippen molar-refractivity contribution in [1.29, 1.82) is 0 Å². The molecule has 84 valence electrons. The second-order valence-corrected chi connectivity index (χ2v) is 4.71. The Labute approximate surface area is 90.9 Å². The van der Waals surface area contributed by atoms with Gasteiger partial charge in [-0.25, -0.2) is 4.98 Å². The van der Waals surface area contributed by atoms with Crippen molar-refractivity contribution in [2.75, 3.05) is 19.3 Å². The van der Waals surface area contributed by atoms with Gasteiger partial charge in [0, 0.05) is 0 Å². The van der Waals surface area contributed by atoms with Gasteiger partial charge in [0.05, 0.1) is 17.4 Å². The Kier molecular flexibility index (Phi) is 2.69. The van der Waals surface area contributed by atoms with Crippen molar-refractivity contribution in [3.05, 3.63) is 11.4 Å². The molecule has 0 saturated carbocycles. The van der Waals surface area contributed by atoms with Crippen LogP contribution in [0.5, 0.6) is 0 Å². The third kappa shape index (κ3) is 1.86. The molecule has 0 aliphatic carbocycles. The van der Waals surface area contributed by atoms with E-state index in [4.69, 9.17) is 5.73 Å². The number of aromatic nitrogens is 2. The van der Waals surface area contributed by atoms with E-state index in [-0.39, 0.29) is 0 Å². The number of hydrogen-bond acceptors (Lipinski definition) is 3. The number of hydrogen-bond donors (Lipinski definition) is 2. The van der Waals surface area contributed by atoms with Gasteiger partial charge in [-0.3, -0.25) is 4.90 Å². The minimum absolute atomic E-state index is 0.433. The molecule has 1 saturated heterocycles. The summed E-state index contributed by atoms with van der Waals surface area (Å²) in [7, 11) is 2.17. The number of nitrogen functional groups attached to an aromatic ring is 1. The van der Waals surface area contributed by atoms with Crippen LogP contribution in [0.15, 0.2) is 0 Å². The number of aromatic amines is 1. The maximum atomic E-state index is 5.75. The predicted octanol–water partition coefficient (Wildman–Crippen LogP) is 1.88. The molecule has 0 amide bonds. The lowest BCUT2D eigenvalue weighted by Gasteiger charge is -2.20. The molecule has 0 spiro atoms. The molecule has 2 rings (SSSR count). The van der Waals surface area contributed by atoms with Gasteiger partial charge in [-0.2, -0.15) is 0 Å². The fraction of sp³-hybridized carbons (Fsp3) is 0.727. The lowest BCUT2D eigenvalue weighted by Crippen LogP contribution is -2.19. The zero-order valence-corrected chi connectivity index (χ0v) is 9.75. The van der Waals surface area contributed by atoms with Crippen LogP contribution in [0.2, 0.25) is 0 Å². The Hall–Kier alpha value is -1.03. The van der Waals surface area contributed by atoms with E-state index in [1.165, 1.54) is 25.1 Å². The van der Waals surface area contributed by atoms with Gasteiger partial charge in [0.25, 0.3) is 0 Å². The minimum Gasteiger partial charge on any atom is -0.369 e. The second kappa shape index (κ2) is 3.85. The quantitative estimate of drug-likeness (QED) is 0.780. The zero-order chi connectivity index (χ0) is 11.0. The average molecular weight is 208 g/mol. The van der Waals surface area contributed by atoms with Gasteiger partial charge in [0.2, 0.25) is 0 Å². The lowest BCUT2D eigenvalue weighted by molar-refractivity contribution is 0.310. The lowest BCUT2D eigenvalue weighted by atomic mass is 10.0. The fourth-order valence-corrected chi connectivity index (χ4v) is 2.39. The highest BCUT2D eigenvalue weighted by Gasteiger charge is 2.27. The fourth-order valence-electron chi connectivity index (χ4n) is 2.39. The number of nitrogens with zero attached hydrogens (tertiary/aromatic N) is 2. The molecule has 1 fully saturated rings. The first-order valence-corrected chi connectivity index (χ1v) is 5.65. The summed E-state index contributed by atoms with van der Waals surface area (Å²) in [6.07, 6.45) is 2.47. The van der Waals surface area contributed by atoms with Crippen LogP contribution in [0, 0.1) is 0 Å². The van der Waals surface area contributed by atoms with Crippen LogP contribution >= 0.6 is 0 Å². The summed E-state index contributed by atoms with van der Waals surface area (Å²) in [4.78, 5) is 9.98. The summed E-state index contributed by atoms with van der Waals surface area (Å²) in [5.74, 6) is 0.983. The van der Waals surface area contributed by atoms with E-state index in [1.54, 1.807) is 0 Å². The van der Waals surface area contributed by atoms with Gasteiger partial charge in [-0.15, -0.1) is 0 Å². The number of nitrogens with two attached hydrogens (primary N) is 1. The van der Waals surface area contributed by atoms with Gasteiger partial charge in [-0.1, -0.05) is 13.8 Å². The van der Waals surface area contributed by atoms with Gasteiger partial charge < -0.3 is 10.7 Å². The molecule has 1 aromatic rings. The molecule has 0 radical (unpaired) electrons. The number of imidazole rings is 1. The van der Waals surface area contributed by atoms with Crippen molar-refractivity contribution >= 4 is 5.95 Å². The second-order valence-electron chi connectivity index (χ2n) is 4.71. The molecule has 15 heavy (non-hydrogen) atoms. The number of anilines is 1. The van der Waals surface area contributed by atoms with E-state index in [0.29, 0.717) is 17.9 Å². The Balaban J connectivity index is 2.33. The predicted molar refractivity (Wildman–Crippen MR) is 61.7 cm³/mol. The first-order valence-electron chi connectivity index (χ1n) is 5.65. The van der Waals surface area contributed by atoms with Gasteiger partial charge >= 0.3 is 0 Å². The molecule has 1 unspecified atom stereocenters. The third-order valence-corrected chi connectivity index (χ3v) is 3.18. The molecule has 4 nitrogen and oxygen atoms in total. The van der Waals surface area contributed by atoms with Crippen molar-refractivity contribution < 1.29 is 0 Å². The molecular weight excluding hydrogens is 188 g/mol. The number of rotatable bonds is 2. The minimum atomic E-state index is 0.433. The summed E-state index contributed by atoms with van der Waals surface area (Å²) >= 11 is 0. The van der Waals surface area contributed by atoms with Crippen molar-refractivity contribution in [2.45, 2.75) is 38.6 Å². The summed E-state index contributed by atoms with van der Waals surface area (Å²) in [6.45, 7) is 5.49. The third-order valence-electron chi connectivity index (χ3n) is 3.18. The molecule has 0 bridgehead atoms. The van der Waals surface area contributed by atoms with Crippen LogP contribution in [-0.4, -0.2) is 28.5 Å². The zero-order valence-electron chi connectivity index (χ0n) is 9.75. The van der Waals surface area contributed by atoms with Crippen molar-refractivity contribution in [3.8, 4) is 0 Å². The summed E-state index contributed by atoms with van der Waals surface area (Å²) < 4.78 is 0. The maximum absolute atomic E-state index is 5.75. The number of H-pyrrole nitrogens is 1. The first kappa shape index (κ1) is 10.5. The molecule has 1 aromatic heterocycles. The number of likely N-dealkylation sites (tertiary alicyclic amines) is 1. The smallest absolute Gasteiger partial charge is 0.197 e. The molecule has 0 aromatic carbocycles. The molecule has 2 heterocycles. The monoisotopic (exact) mass is 208 g/mol. The van der Waals surface area contributed by atoms with E-state index >= 15 is 0 Å². The van der Waals surface area contributed by atoms with Crippen LogP contribution in [0.25, 0.3) is 0 Å². The average Bonchev–Trinajstić information content (AvgIpc) is 2.71. The Morgan fingerprint density at radius 3 is 2.80 bits per heavy atom. The molecule has 3 N–H and O–H groups in total. The summed E-state index contributed by atoms with van der Waals surface area (Å²) in [6, 6.07) is 0.479. The topological polar surface area (TPSA) is 57.9 Å². The van der Waals surface area contributed by atoms with Gasteiger partial charge in [0.15, 0.2) is 5.95 Å². The van der Waals surface area contributed by atoms with Gasteiger partial charge in [0.1, 0.15) is 0 Å². The van der Waals surface area contributed by atoms with E-state index < -0.39 is 0 Å². The van der Waals surface area contributed by atoms with Crippen LogP contribution < -0.4 is 5.73 Å². The SMILES string of the molecule is CC(C)c1nc(N)[nH]c1C1CCCN1C. The van der Waals surface area contributed by atoms with E-state index in [0.717, 1.165) is 5.69 Å². The van der Waals surface area contributed by atoms with E-state index in [1.807, 2.05) is 0 Å². The Bertz CT molecular complexity index is 342. The summed E-state index contributed by atoms with van der Waals surface area (Å²) in [5.41, 5.74) is 8.10. The van der Waals surface area contributed by atoms with E-state index in [2.05, 4.69) is 35.8 Å². The Morgan fingerprint density at radius 1 is 1.53 bits per heavy atom. The molecular formula is C11H20N4. The summed E-state index contributed by atoms with van der Waals surface area (Å²) in [5, 5.41) is 0. The number of nitrogens with one attached hydrogen (secondary N) is 1.